The number of ether oxygens (including phenoxy) is 1. The Hall–Kier alpha value is -3.29. The molecule has 27 heavy (non-hydrogen) atoms. The van der Waals surface area contributed by atoms with Crippen molar-refractivity contribution >= 4 is 17.2 Å². The molecule has 3 N–H and O–H groups in total. The van der Waals surface area contributed by atoms with Gasteiger partial charge in [-0.1, -0.05) is 12.1 Å². The van der Waals surface area contributed by atoms with Crippen molar-refractivity contribution in [2.75, 3.05) is 44.7 Å². The number of para-hydroxylation sites is 1. The molecule has 0 spiro atoms. The summed E-state index contributed by atoms with van der Waals surface area (Å²) in [6, 6.07) is 9.07. The van der Waals surface area contributed by atoms with Gasteiger partial charge in [-0.2, -0.15) is 10.5 Å². The predicted molar refractivity (Wildman–Crippen MR) is 97.4 cm³/mol. The zero-order valence-corrected chi connectivity index (χ0v) is 14.7. The molecule has 1 aliphatic rings. The number of H-pyrrole nitrogens is 1. The van der Waals surface area contributed by atoms with Crippen LogP contribution in [0.15, 0.2) is 30.5 Å². The topological polar surface area (TPSA) is 132 Å². The Morgan fingerprint density at radius 3 is 2.93 bits per heavy atom. The second-order valence-electron chi connectivity index (χ2n) is 5.81. The van der Waals surface area contributed by atoms with Gasteiger partial charge in [0, 0.05) is 32.4 Å². The molecule has 10 heteroatoms. The third-order valence-electron chi connectivity index (χ3n) is 4.07. The molecule has 0 atom stereocenters. The van der Waals surface area contributed by atoms with Crippen molar-refractivity contribution in [3.63, 3.8) is 0 Å². The zero-order chi connectivity index (χ0) is 18.9. The van der Waals surface area contributed by atoms with Crippen molar-refractivity contribution in [2.24, 2.45) is 0 Å². The second-order valence-corrected chi connectivity index (χ2v) is 5.81. The fraction of sp³-hybridized carbons (Fsp3) is 0.353. The molecule has 0 bridgehead atoms. The molecule has 10 nitrogen and oxygen atoms in total. The maximum absolute atomic E-state index is 12.5. The normalized spacial score (nSPS) is 15.1. The fourth-order valence-electron chi connectivity index (χ4n) is 2.63. The molecule has 2 heterocycles. The van der Waals surface area contributed by atoms with Gasteiger partial charge in [-0.15, -0.1) is 10.2 Å². The van der Waals surface area contributed by atoms with E-state index in [1.54, 1.807) is 24.3 Å². The molecule has 1 aromatic heterocycles. The molecule has 0 aliphatic carbocycles. The summed E-state index contributed by atoms with van der Waals surface area (Å²) in [6.45, 7) is 4.55. The van der Waals surface area contributed by atoms with E-state index in [0.717, 1.165) is 32.8 Å². The highest BCUT2D eigenvalue weighted by molar-refractivity contribution is 6.00. The van der Waals surface area contributed by atoms with E-state index in [4.69, 9.17) is 4.74 Å². The third kappa shape index (κ3) is 5.10. The van der Waals surface area contributed by atoms with Gasteiger partial charge in [0.2, 0.25) is 5.82 Å². The summed E-state index contributed by atoms with van der Waals surface area (Å²) >= 11 is 0. The first-order valence-electron chi connectivity index (χ1n) is 8.56. The first-order chi connectivity index (χ1) is 13.3. The fourth-order valence-corrected chi connectivity index (χ4v) is 2.63. The van der Waals surface area contributed by atoms with E-state index in [-0.39, 0.29) is 17.3 Å². The SMILES string of the molecule is N#CC(=CNc1ccccc1C(=O)NCCN1CCOCC1)c1nn[nH]n1. The van der Waals surface area contributed by atoms with E-state index >= 15 is 0 Å². The van der Waals surface area contributed by atoms with Gasteiger partial charge in [-0.05, 0) is 17.3 Å². The smallest absolute Gasteiger partial charge is 0.253 e. The maximum Gasteiger partial charge on any atom is 0.253 e. The third-order valence-corrected chi connectivity index (χ3v) is 4.07. The van der Waals surface area contributed by atoms with Crippen molar-refractivity contribution in [2.45, 2.75) is 0 Å². The standard InChI is InChI=1S/C17H20N8O2/c18-11-13(16-21-23-24-22-16)12-20-15-4-2-1-3-14(15)17(26)19-5-6-25-7-9-27-10-8-25/h1-4,12,20H,5-10H2,(H,19,26)(H,21,22,23,24). The predicted octanol–water partition coefficient (Wildman–Crippen LogP) is 0.238. The van der Waals surface area contributed by atoms with Gasteiger partial charge in [0.05, 0.1) is 24.5 Å². The molecular formula is C17H20N8O2. The molecule has 1 aliphatic heterocycles. The Labute approximate surface area is 156 Å². The van der Waals surface area contributed by atoms with Crippen LogP contribution in [0.25, 0.3) is 5.57 Å². The number of anilines is 1. The Balaban J connectivity index is 1.61. The Morgan fingerprint density at radius 2 is 2.19 bits per heavy atom. The van der Waals surface area contributed by atoms with Crippen LogP contribution in [0, 0.1) is 11.3 Å². The first-order valence-corrected chi connectivity index (χ1v) is 8.56. The zero-order valence-electron chi connectivity index (χ0n) is 14.7. The molecule has 1 fully saturated rings. The van der Waals surface area contributed by atoms with Crippen LogP contribution in [0.1, 0.15) is 16.2 Å². The molecule has 140 valence electrons. The largest absolute Gasteiger partial charge is 0.379 e. The number of nitrogens with zero attached hydrogens (tertiary/aromatic N) is 5. The number of amides is 1. The highest BCUT2D eigenvalue weighted by Crippen LogP contribution is 2.16. The Morgan fingerprint density at radius 1 is 1.37 bits per heavy atom. The van der Waals surface area contributed by atoms with Crippen molar-refractivity contribution in [1.29, 1.82) is 5.26 Å². The number of rotatable bonds is 7. The number of hydrogen-bond donors (Lipinski definition) is 3. The van der Waals surface area contributed by atoms with Crippen molar-refractivity contribution in [3.8, 4) is 6.07 Å². The summed E-state index contributed by atoms with van der Waals surface area (Å²) in [7, 11) is 0. The molecule has 0 saturated carbocycles. The number of carbonyl (C=O) groups excluding carboxylic acids is 1. The molecule has 3 rings (SSSR count). The molecule has 1 amide bonds. The molecule has 2 aromatic rings. The lowest BCUT2D eigenvalue weighted by molar-refractivity contribution is 0.0383. The maximum atomic E-state index is 12.5. The van der Waals surface area contributed by atoms with Crippen molar-refractivity contribution in [1.82, 2.24) is 30.8 Å². The number of morpholine rings is 1. The van der Waals surface area contributed by atoms with Crippen LogP contribution < -0.4 is 10.6 Å². The van der Waals surface area contributed by atoms with Gasteiger partial charge in [-0.25, -0.2) is 0 Å². The summed E-state index contributed by atoms with van der Waals surface area (Å²) in [5.41, 5.74) is 1.27. The number of carbonyl (C=O) groups is 1. The summed E-state index contributed by atoms with van der Waals surface area (Å²) in [5, 5.41) is 28.4. The van der Waals surface area contributed by atoms with E-state index in [9.17, 15) is 10.1 Å². The van der Waals surface area contributed by atoms with Crippen LogP contribution in [0.5, 0.6) is 0 Å². The minimum atomic E-state index is -0.183. The van der Waals surface area contributed by atoms with E-state index in [2.05, 4.69) is 36.2 Å². The van der Waals surface area contributed by atoms with Gasteiger partial charge in [-0.3, -0.25) is 9.69 Å². The van der Waals surface area contributed by atoms with E-state index < -0.39 is 0 Å². The number of nitriles is 1. The lowest BCUT2D eigenvalue weighted by Gasteiger charge is -2.26. The number of hydrogen-bond acceptors (Lipinski definition) is 8. The van der Waals surface area contributed by atoms with Crippen LogP contribution in [-0.4, -0.2) is 70.8 Å². The van der Waals surface area contributed by atoms with E-state index in [1.807, 2.05) is 6.07 Å². The quantitative estimate of drug-likeness (QED) is 0.592. The van der Waals surface area contributed by atoms with Gasteiger partial charge in [0.25, 0.3) is 5.91 Å². The first kappa shape index (κ1) is 18.5. The highest BCUT2D eigenvalue weighted by Gasteiger charge is 2.13. The number of nitrogens with one attached hydrogen (secondary N) is 3. The highest BCUT2D eigenvalue weighted by atomic mass is 16.5. The number of allylic oxidation sites excluding steroid dienone is 1. The lowest BCUT2D eigenvalue weighted by atomic mass is 10.1. The average molecular weight is 368 g/mol. The van der Waals surface area contributed by atoms with Crippen LogP contribution in [-0.2, 0) is 4.74 Å². The van der Waals surface area contributed by atoms with Gasteiger partial charge in [0.1, 0.15) is 11.6 Å². The van der Waals surface area contributed by atoms with Crippen LogP contribution in [0.3, 0.4) is 0 Å². The van der Waals surface area contributed by atoms with Crippen LogP contribution in [0.4, 0.5) is 5.69 Å². The van der Waals surface area contributed by atoms with Gasteiger partial charge in [0.15, 0.2) is 0 Å². The van der Waals surface area contributed by atoms with Crippen LogP contribution in [0.2, 0.25) is 0 Å². The monoisotopic (exact) mass is 368 g/mol. The van der Waals surface area contributed by atoms with Gasteiger partial charge < -0.3 is 15.4 Å². The summed E-state index contributed by atoms with van der Waals surface area (Å²) in [4.78, 5) is 14.8. The molecule has 0 unspecified atom stereocenters. The number of benzene rings is 1. The summed E-state index contributed by atoms with van der Waals surface area (Å²) in [6.07, 6.45) is 1.45. The minimum absolute atomic E-state index is 0.178. The van der Waals surface area contributed by atoms with Gasteiger partial charge >= 0.3 is 0 Å². The summed E-state index contributed by atoms with van der Waals surface area (Å²) in [5.74, 6) is -0.00438. The molecular weight excluding hydrogens is 348 g/mol. The number of aromatic amines is 1. The molecule has 0 radical (unpaired) electrons. The average Bonchev–Trinajstić information content (AvgIpc) is 3.24. The Bertz CT molecular complexity index is 822. The van der Waals surface area contributed by atoms with Crippen LogP contribution >= 0.6 is 0 Å². The second kappa shape index (κ2) is 9.42. The van der Waals surface area contributed by atoms with Crippen molar-refractivity contribution in [3.05, 3.63) is 41.9 Å². The number of tetrazole rings is 1. The van der Waals surface area contributed by atoms with Crippen molar-refractivity contribution < 1.29 is 9.53 Å². The summed E-state index contributed by atoms with van der Waals surface area (Å²) < 4.78 is 5.31. The molecule has 1 saturated heterocycles. The molecule has 1 aromatic carbocycles. The Kier molecular flexibility index (Phi) is 6.45. The lowest BCUT2D eigenvalue weighted by Crippen LogP contribution is -2.41. The number of aromatic nitrogens is 4. The van der Waals surface area contributed by atoms with E-state index in [0.29, 0.717) is 17.8 Å². The minimum Gasteiger partial charge on any atom is -0.379 e. The van der Waals surface area contributed by atoms with E-state index in [1.165, 1.54) is 6.20 Å².